The number of nitrogens with one attached hydrogen (secondary N) is 1. The molecule has 0 atom stereocenters. The van der Waals surface area contributed by atoms with Crippen LogP contribution >= 0.6 is 52.4 Å². The van der Waals surface area contributed by atoms with Crippen LogP contribution in [0.3, 0.4) is 0 Å². The van der Waals surface area contributed by atoms with E-state index in [1.54, 1.807) is 24.4 Å². The van der Waals surface area contributed by atoms with Gasteiger partial charge in [-0.3, -0.25) is 9.69 Å². The predicted octanol–water partition coefficient (Wildman–Crippen LogP) is 8.43. The van der Waals surface area contributed by atoms with Gasteiger partial charge in [0.2, 0.25) is 5.88 Å². The van der Waals surface area contributed by atoms with E-state index in [1.165, 1.54) is 5.56 Å². The summed E-state index contributed by atoms with van der Waals surface area (Å²) in [6.07, 6.45) is 1.72. The zero-order valence-electron chi connectivity index (χ0n) is 26.0. The van der Waals surface area contributed by atoms with Gasteiger partial charge in [0, 0.05) is 69.0 Å². The van der Waals surface area contributed by atoms with Gasteiger partial charge in [0.15, 0.2) is 5.11 Å². The molecule has 12 heteroatoms. The highest BCUT2D eigenvalue weighted by Gasteiger charge is 2.25. The minimum atomic E-state index is 0. The highest BCUT2D eigenvalue weighted by molar-refractivity contribution is 8.93. The van der Waals surface area contributed by atoms with Crippen LogP contribution < -0.4 is 15.0 Å². The van der Waals surface area contributed by atoms with Crippen molar-refractivity contribution in [3.8, 4) is 11.6 Å². The lowest BCUT2D eigenvalue weighted by molar-refractivity contribution is 0.0619. The van der Waals surface area contributed by atoms with Crippen molar-refractivity contribution >= 4 is 85.7 Å². The molecule has 1 saturated heterocycles. The number of fused-ring (bicyclic) bond motifs is 1. The van der Waals surface area contributed by atoms with Gasteiger partial charge < -0.3 is 24.4 Å². The molecule has 1 aliphatic heterocycles. The topological polar surface area (TPSA) is 65.9 Å². The molecule has 1 amide bonds. The van der Waals surface area contributed by atoms with E-state index in [1.807, 2.05) is 70.8 Å². The van der Waals surface area contributed by atoms with Crippen LogP contribution in [0.25, 0.3) is 10.9 Å². The summed E-state index contributed by atoms with van der Waals surface area (Å²) in [7, 11) is 1.93. The third kappa shape index (κ3) is 8.08. The normalized spacial score (nSPS) is 13.2. The molecule has 0 bridgehead atoms. The number of hydrogen-bond donors (Lipinski definition) is 1. The maximum atomic E-state index is 13.5. The Balaban J connectivity index is 0.00000433. The molecular formula is C35H35BrCl2N6O2S. The number of piperazine rings is 1. The molecule has 5 aromatic rings. The van der Waals surface area contributed by atoms with Gasteiger partial charge in [0.05, 0.1) is 21.9 Å². The molecule has 1 N–H and O–H groups in total. The molecular weight excluding hydrogens is 719 g/mol. The number of rotatable bonds is 8. The average molecular weight is 755 g/mol. The van der Waals surface area contributed by atoms with E-state index >= 15 is 0 Å². The number of anilines is 2. The Hall–Kier alpha value is -3.67. The van der Waals surface area contributed by atoms with Crippen LogP contribution in [0.4, 0.5) is 11.4 Å². The molecule has 3 aromatic carbocycles. The van der Waals surface area contributed by atoms with Crippen molar-refractivity contribution in [2.24, 2.45) is 7.05 Å². The third-order valence-corrected chi connectivity index (χ3v) is 9.19. The van der Waals surface area contributed by atoms with E-state index in [9.17, 15) is 4.79 Å². The first-order valence-corrected chi connectivity index (χ1v) is 16.3. The zero-order chi connectivity index (χ0) is 32.2. The van der Waals surface area contributed by atoms with Crippen LogP contribution in [-0.2, 0) is 13.6 Å². The maximum Gasteiger partial charge on any atom is 0.270 e. The number of carbonyl (C=O) groups excluding carboxylic acids is 1. The van der Waals surface area contributed by atoms with Gasteiger partial charge >= 0.3 is 0 Å². The molecule has 0 unspecified atom stereocenters. The first-order chi connectivity index (χ1) is 22.3. The van der Waals surface area contributed by atoms with E-state index in [0.29, 0.717) is 52.1 Å². The molecule has 47 heavy (non-hydrogen) atoms. The summed E-state index contributed by atoms with van der Waals surface area (Å²) < 4.78 is 8.06. The molecule has 8 nitrogen and oxygen atoms in total. The maximum absolute atomic E-state index is 13.5. The molecule has 0 saturated carbocycles. The number of benzene rings is 3. The van der Waals surface area contributed by atoms with Crippen molar-refractivity contribution in [2.45, 2.75) is 13.5 Å². The van der Waals surface area contributed by atoms with Crippen LogP contribution in [0.2, 0.25) is 10.0 Å². The second-order valence-corrected chi connectivity index (χ2v) is 12.3. The van der Waals surface area contributed by atoms with Crippen molar-refractivity contribution in [3.05, 3.63) is 112 Å². The first-order valence-electron chi connectivity index (χ1n) is 15.1. The molecule has 1 aliphatic rings. The molecule has 3 heterocycles. The number of ether oxygens (including phenoxy) is 1. The second kappa shape index (κ2) is 15.5. The van der Waals surface area contributed by atoms with Crippen molar-refractivity contribution < 1.29 is 9.53 Å². The van der Waals surface area contributed by atoms with Crippen LogP contribution in [0.1, 0.15) is 23.0 Å². The summed E-state index contributed by atoms with van der Waals surface area (Å²) in [5.41, 5.74) is 4.48. The third-order valence-electron chi connectivity index (χ3n) is 8.13. The second-order valence-electron chi connectivity index (χ2n) is 11.1. The molecule has 0 aliphatic carbocycles. The smallest absolute Gasteiger partial charge is 0.270 e. The molecule has 244 valence electrons. The minimum Gasteiger partial charge on any atom is -0.439 e. The van der Waals surface area contributed by atoms with Gasteiger partial charge in [0.25, 0.3) is 5.91 Å². The Morgan fingerprint density at radius 3 is 2.40 bits per heavy atom. The Morgan fingerprint density at radius 2 is 1.72 bits per heavy atom. The molecule has 0 spiro atoms. The first kappa shape index (κ1) is 34.7. The van der Waals surface area contributed by atoms with E-state index in [0.717, 1.165) is 41.9 Å². The number of halogens is 3. The van der Waals surface area contributed by atoms with Crippen LogP contribution in [0, 0.1) is 0 Å². The summed E-state index contributed by atoms with van der Waals surface area (Å²) in [6, 6.07) is 27.2. The number of thiocarbonyl (C=S) groups is 1. The summed E-state index contributed by atoms with van der Waals surface area (Å²) in [4.78, 5) is 24.3. The Labute approximate surface area is 300 Å². The lowest BCUT2D eigenvalue weighted by atomic mass is 10.2. The van der Waals surface area contributed by atoms with E-state index < -0.39 is 0 Å². The lowest BCUT2D eigenvalue weighted by Crippen LogP contribution is -2.48. The van der Waals surface area contributed by atoms with Crippen molar-refractivity contribution in [1.82, 2.24) is 19.4 Å². The number of amides is 1. The Bertz CT molecular complexity index is 1860. The molecule has 0 radical (unpaired) electrons. The summed E-state index contributed by atoms with van der Waals surface area (Å²) in [6.45, 7) is 6.65. The van der Waals surface area contributed by atoms with Gasteiger partial charge in [-0.1, -0.05) is 53.5 Å². The Kier molecular flexibility index (Phi) is 11.4. The summed E-state index contributed by atoms with van der Waals surface area (Å²) in [5.74, 6) is 1.13. The van der Waals surface area contributed by atoms with Gasteiger partial charge in [-0.15, -0.1) is 17.0 Å². The quantitative estimate of drug-likeness (QED) is 0.160. The zero-order valence-corrected chi connectivity index (χ0v) is 30.1. The van der Waals surface area contributed by atoms with Crippen molar-refractivity contribution in [1.29, 1.82) is 0 Å². The number of aryl methyl sites for hydroxylation is 1. The fourth-order valence-electron chi connectivity index (χ4n) is 5.63. The number of aromatic nitrogens is 2. The van der Waals surface area contributed by atoms with Crippen LogP contribution in [0.15, 0.2) is 91.1 Å². The summed E-state index contributed by atoms with van der Waals surface area (Å²) in [5, 5.41) is 5.57. The molecule has 2 aromatic heterocycles. The lowest BCUT2D eigenvalue weighted by Gasteiger charge is -2.34. The standard InChI is InChI=1S/C35H34Cl2N6O2S.BrH/c1-3-43(35(46)39-26-9-12-29(36)30(37)21-26)27-10-14-33(38-22-27)45-28-11-13-31-25(19-28)20-32(40(31)2)34(44)42-17-15-41(16-18-42)23-24-7-5-4-6-8-24;/h4-14,19-22H,3,15-18,23H2,1-2H3,(H,39,46);1H. The number of nitrogens with zero attached hydrogens (tertiary/aromatic N) is 5. The van der Waals surface area contributed by atoms with Crippen LogP contribution in [0.5, 0.6) is 11.6 Å². The number of carbonyl (C=O) groups is 1. The van der Waals surface area contributed by atoms with Crippen LogP contribution in [-0.4, -0.2) is 63.1 Å². The summed E-state index contributed by atoms with van der Waals surface area (Å²) >= 11 is 17.8. The molecule has 1 fully saturated rings. The van der Waals surface area contributed by atoms with E-state index in [2.05, 4.69) is 39.5 Å². The van der Waals surface area contributed by atoms with E-state index in [-0.39, 0.29) is 22.9 Å². The minimum absolute atomic E-state index is 0. The van der Waals surface area contributed by atoms with E-state index in [4.69, 9.17) is 40.2 Å². The van der Waals surface area contributed by atoms with Gasteiger partial charge in [-0.05, 0) is 73.2 Å². The van der Waals surface area contributed by atoms with Gasteiger partial charge in [-0.2, -0.15) is 0 Å². The molecule has 6 rings (SSSR count). The van der Waals surface area contributed by atoms with Gasteiger partial charge in [-0.25, -0.2) is 4.98 Å². The predicted molar refractivity (Wildman–Crippen MR) is 201 cm³/mol. The fraction of sp³-hybridized carbons (Fsp3) is 0.229. The monoisotopic (exact) mass is 752 g/mol. The fourth-order valence-corrected chi connectivity index (χ4v) is 6.28. The number of pyridine rings is 1. The highest BCUT2D eigenvalue weighted by atomic mass is 79.9. The number of hydrogen-bond acceptors (Lipinski definition) is 5. The largest absolute Gasteiger partial charge is 0.439 e. The highest BCUT2D eigenvalue weighted by Crippen LogP contribution is 2.29. The SMILES string of the molecule is Br.CCN(C(=S)Nc1ccc(Cl)c(Cl)c1)c1ccc(Oc2ccc3c(c2)cc(C(=O)N2CCN(Cc4ccccc4)CC2)n3C)nc1. The van der Waals surface area contributed by atoms with Gasteiger partial charge in [0.1, 0.15) is 11.4 Å². The average Bonchev–Trinajstić information content (AvgIpc) is 3.39. The van der Waals surface area contributed by atoms with Crippen molar-refractivity contribution in [2.75, 3.05) is 42.9 Å². The van der Waals surface area contributed by atoms with Crippen molar-refractivity contribution in [3.63, 3.8) is 0 Å². The Morgan fingerprint density at radius 1 is 0.957 bits per heavy atom.